The van der Waals surface area contributed by atoms with E-state index in [0.717, 1.165) is 85.5 Å². The number of fused-ring (bicyclic) bond motifs is 1. The average Bonchev–Trinajstić information content (AvgIpc) is 3.49. The number of hydrogen-bond donors (Lipinski definition) is 2. The lowest BCUT2D eigenvalue weighted by Gasteiger charge is -2.30. The molecule has 0 bridgehead atoms. The zero-order valence-electron chi connectivity index (χ0n) is 25.2. The van der Waals surface area contributed by atoms with Gasteiger partial charge in [0.2, 0.25) is 0 Å². The molecular formula is C35H38ClN5O3. The minimum atomic E-state index is -1.50. The SMILES string of the molecule is Cn1cncc1C(O)(c1ccc(CNCCCN2CCOCC2)cc1)c1ccc2c(c1)c(-c1cccc(Cl)c1)cc(=O)n2C. The van der Waals surface area contributed by atoms with Crippen molar-refractivity contribution in [3.63, 3.8) is 0 Å². The molecule has 3 heterocycles. The molecule has 0 aliphatic carbocycles. The predicted molar refractivity (Wildman–Crippen MR) is 175 cm³/mol. The lowest BCUT2D eigenvalue weighted by Crippen LogP contribution is -2.37. The van der Waals surface area contributed by atoms with E-state index in [1.54, 1.807) is 30.2 Å². The van der Waals surface area contributed by atoms with E-state index in [0.29, 0.717) is 16.3 Å². The van der Waals surface area contributed by atoms with E-state index in [1.165, 1.54) is 0 Å². The third-order valence-electron chi connectivity index (χ3n) is 8.62. The first kappa shape index (κ1) is 30.2. The van der Waals surface area contributed by atoms with Crippen LogP contribution in [0.3, 0.4) is 0 Å². The summed E-state index contributed by atoms with van der Waals surface area (Å²) in [4.78, 5) is 19.7. The van der Waals surface area contributed by atoms with E-state index >= 15 is 0 Å². The smallest absolute Gasteiger partial charge is 0.251 e. The predicted octanol–water partition coefficient (Wildman–Crippen LogP) is 4.69. The number of aromatic nitrogens is 3. The van der Waals surface area contributed by atoms with Crippen LogP contribution < -0.4 is 10.9 Å². The van der Waals surface area contributed by atoms with Crippen LogP contribution in [0.2, 0.25) is 5.02 Å². The monoisotopic (exact) mass is 611 g/mol. The van der Waals surface area contributed by atoms with Crippen LogP contribution in [0.4, 0.5) is 0 Å². The molecule has 0 amide bonds. The first-order valence-electron chi connectivity index (χ1n) is 15.0. The number of rotatable bonds is 10. The van der Waals surface area contributed by atoms with Crippen molar-refractivity contribution in [3.05, 3.63) is 123 Å². The highest BCUT2D eigenvalue weighted by Gasteiger charge is 2.37. The van der Waals surface area contributed by atoms with Crippen LogP contribution >= 0.6 is 11.6 Å². The molecule has 0 spiro atoms. The topological polar surface area (TPSA) is 84.6 Å². The Morgan fingerprint density at radius 2 is 1.77 bits per heavy atom. The quantitative estimate of drug-likeness (QED) is 0.223. The van der Waals surface area contributed by atoms with Crippen LogP contribution in [0.1, 0.15) is 28.8 Å². The van der Waals surface area contributed by atoms with Gasteiger partial charge in [-0.1, -0.05) is 54.1 Å². The molecule has 1 saturated heterocycles. The molecule has 1 aliphatic rings. The van der Waals surface area contributed by atoms with Gasteiger partial charge in [-0.25, -0.2) is 4.98 Å². The molecule has 8 nitrogen and oxygen atoms in total. The summed E-state index contributed by atoms with van der Waals surface area (Å²) >= 11 is 6.33. The summed E-state index contributed by atoms with van der Waals surface area (Å²) in [5, 5.41) is 17.6. The number of aryl methyl sites for hydroxylation is 2. The van der Waals surface area contributed by atoms with Crippen molar-refractivity contribution < 1.29 is 9.84 Å². The van der Waals surface area contributed by atoms with Crippen molar-refractivity contribution in [2.45, 2.75) is 18.6 Å². The number of hydrogen-bond acceptors (Lipinski definition) is 6. The third kappa shape index (κ3) is 6.09. The Labute approximate surface area is 262 Å². The van der Waals surface area contributed by atoms with Crippen molar-refractivity contribution in [3.8, 4) is 11.1 Å². The summed E-state index contributed by atoms with van der Waals surface area (Å²) in [6, 6.07) is 23.0. The molecule has 0 radical (unpaired) electrons. The van der Waals surface area contributed by atoms with Crippen LogP contribution in [0.15, 0.2) is 90.1 Å². The van der Waals surface area contributed by atoms with E-state index < -0.39 is 5.60 Å². The molecule has 1 fully saturated rings. The Hall–Kier alpha value is -3.79. The lowest BCUT2D eigenvalue weighted by molar-refractivity contribution is 0.0374. The van der Waals surface area contributed by atoms with Crippen LogP contribution in [-0.4, -0.2) is 63.5 Å². The number of imidazole rings is 1. The molecule has 1 unspecified atom stereocenters. The van der Waals surface area contributed by atoms with Gasteiger partial charge < -0.3 is 24.3 Å². The maximum Gasteiger partial charge on any atom is 0.251 e. The molecule has 1 atom stereocenters. The van der Waals surface area contributed by atoms with Gasteiger partial charge in [0.05, 0.1) is 36.9 Å². The molecule has 0 saturated carbocycles. The zero-order valence-corrected chi connectivity index (χ0v) is 25.9. The van der Waals surface area contributed by atoms with Gasteiger partial charge in [0.1, 0.15) is 0 Å². The zero-order chi connectivity index (χ0) is 30.7. The first-order valence-corrected chi connectivity index (χ1v) is 15.4. The summed E-state index contributed by atoms with van der Waals surface area (Å²) in [6.45, 7) is 6.44. The summed E-state index contributed by atoms with van der Waals surface area (Å²) in [6.07, 6.45) is 4.48. The number of aliphatic hydroxyl groups is 1. The number of ether oxygens (including phenoxy) is 1. The van der Waals surface area contributed by atoms with E-state index in [1.807, 2.05) is 66.2 Å². The molecule has 5 aromatic rings. The third-order valence-corrected chi connectivity index (χ3v) is 8.85. The molecular weight excluding hydrogens is 574 g/mol. The number of halogens is 1. The van der Waals surface area contributed by atoms with Crippen molar-refractivity contribution in [2.75, 3.05) is 39.4 Å². The lowest BCUT2D eigenvalue weighted by atomic mass is 9.82. The summed E-state index contributed by atoms with van der Waals surface area (Å²) in [5.74, 6) is 0. The highest BCUT2D eigenvalue weighted by atomic mass is 35.5. The Bertz CT molecular complexity index is 1810. The molecule has 6 rings (SSSR count). The van der Waals surface area contributed by atoms with Crippen LogP contribution in [0.5, 0.6) is 0 Å². The van der Waals surface area contributed by atoms with Crippen LogP contribution in [0, 0.1) is 0 Å². The second kappa shape index (κ2) is 13.1. The van der Waals surface area contributed by atoms with E-state index in [9.17, 15) is 9.90 Å². The minimum absolute atomic E-state index is 0.118. The first-order chi connectivity index (χ1) is 21.3. The van der Waals surface area contributed by atoms with Gasteiger partial charge >= 0.3 is 0 Å². The number of nitrogens with zero attached hydrogens (tertiary/aromatic N) is 4. The van der Waals surface area contributed by atoms with E-state index in [2.05, 4.69) is 27.3 Å². The van der Waals surface area contributed by atoms with E-state index in [4.69, 9.17) is 16.3 Å². The maximum absolute atomic E-state index is 12.9. The van der Waals surface area contributed by atoms with Crippen LogP contribution in [-0.2, 0) is 31.0 Å². The minimum Gasteiger partial charge on any atom is -0.379 e. The highest BCUT2D eigenvalue weighted by Crippen LogP contribution is 2.39. The fourth-order valence-corrected chi connectivity index (χ4v) is 6.29. The van der Waals surface area contributed by atoms with Gasteiger partial charge in [-0.15, -0.1) is 0 Å². The van der Waals surface area contributed by atoms with Gasteiger partial charge in [0.15, 0.2) is 5.60 Å². The standard InChI is InChI=1S/C35H38ClN5O3/c1-39-24-38-23-33(39)35(43,27-9-7-25(8-10-27)22-37-13-4-14-41-15-17-44-18-16-41)28-11-12-32-31(20-28)30(21-34(42)40(32)2)26-5-3-6-29(36)19-26/h3,5-12,19-21,23-24,37,43H,4,13-18,22H2,1-2H3. The Morgan fingerprint density at radius 3 is 2.50 bits per heavy atom. The fourth-order valence-electron chi connectivity index (χ4n) is 6.10. The van der Waals surface area contributed by atoms with Gasteiger partial charge in [-0.2, -0.15) is 0 Å². The van der Waals surface area contributed by atoms with E-state index in [-0.39, 0.29) is 5.56 Å². The highest BCUT2D eigenvalue weighted by molar-refractivity contribution is 6.30. The van der Waals surface area contributed by atoms with Crippen molar-refractivity contribution in [2.24, 2.45) is 14.1 Å². The molecule has 3 aromatic carbocycles. The number of morpholine rings is 1. The normalized spacial score (nSPS) is 15.5. The molecule has 228 valence electrons. The maximum atomic E-state index is 12.9. The van der Waals surface area contributed by atoms with Crippen LogP contribution in [0.25, 0.3) is 22.0 Å². The van der Waals surface area contributed by atoms with Gasteiger partial charge in [0, 0.05) is 50.2 Å². The molecule has 2 N–H and O–H groups in total. The summed E-state index contributed by atoms with van der Waals surface area (Å²) in [7, 11) is 3.64. The Morgan fingerprint density at radius 1 is 1.00 bits per heavy atom. The second-order valence-corrected chi connectivity index (χ2v) is 11.9. The van der Waals surface area contributed by atoms with Crippen molar-refractivity contribution in [1.29, 1.82) is 0 Å². The Balaban J connectivity index is 1.32. The van der Waals surface area contributed by atoms with Gasteiger partial charge in [-0.05, 0) is 71.6 Å². The average molecular weight is 612 g/mol. The largest absolute Gasteiger partial charge is 0.379 e. The van der Waals surface area contributed by atoms with Crippen molar-refractivity contribution in [1.82, 2.24) is 24.3 Å². The second-order valence-electron chi connectivity index (χ2n) is 11.5. The molecule has 1 aliphatic heterocycles. The molecule has 9 heteroatoms. The van der Waals surface area contributed by atoms with Gasteiger partial charge in [-0.3, -0.25) is 9.69 Å². The van der Waals surface area contributed by atoms with Gasteiger partial charge in [0.25, 0.3) is 5.56 Å². The fraction of sp³-hybridized carbons (Fsp3) is 0.314. The summed E-state index contributed by atoms with van der Waals surface area (Å²) in [5.41, 5.74) is 3.92. The summed E-state index contributed by atoms with van der Waals surface area (Å²) < 4.78 is 8.90. The molecule has 44 heavy (non-hydrogen) atoms. The van der Waals surface area contributed by atoms with Crippen molar-refractivity contribution >= 4 is 22.5 Å². The number of benzene rings is 3. The number of nitrogens with one attached hydrogen (secondary N) is 1. The number of pyridine rings is 1. The Kier molecular flexibility index (Phi) is 8.98. The molecule has 2 aromatic heterocycles.